The molecule has 2 aromatic rings. The van der Waals surface area contributed by atoms with Crippen molar-refractivity contribution in [2.75, 3.05) is 0 Å². The van der Waals surface area contributed by atoms with E-state index in [9.17, 15) is 13.2 Å². The average Bonchev–Trinajstić information content (AvgIpc) is 2.24. The number of hydrogen-bond donors (Lipinski definition) is 1. The number of aromatic hydroxyl groups is 1. The molecule has 0 saturated carbocycles. The maximum Gasteiger partial charge on any atom is 0.251 e. The highest BCUT2D eigenvalue weighted by Crippen LogP contribution is 2.07. The summed E-state index contributed by atoms with van der Waals surface area (Å²) in [5.41, 5.74) is 0. The number of nitrogens with zero attached hydrogens (tertiary/aromatic N) is 2. The highest BCUT2D eigenvalue weighted by molar-refractivity contribution is 5.08. The van der Waals surface area contributed by atoms with Crippen molar-refractivity contribution in [3.8, 4) is 5.88 Å². The van der Waals surface area contributed by atoms with Crippen molar-refractivity contribution < 1.29 is 18.3 Å². The Morgan fingerprint density at radius 3 is 2.06 bits per heavy atom. The third-order valence-electron chi connectivity index (χ3n) is 1.63. The van der Waals surface area contributed by atoms with Crippen LogP contribution >= 0.6 is 0 Å². The first-order valence-corrected chi connectivity index (χ1v) is 4.58. The van der Waals surface area contributed by atoms with Crippen LogP contribution in [0.1, 0.15) is 5.82 Å². The van der Waals surface area contributed by atoms with Gasteiger partial charge in [0.2, 0.25) is 5.82 Å². The number of rotatable bonds is 0. The van der Waals surface area contributed by atoms with E-state index < -0.39 is 23.3 Å². The molecule has 0 spiro atoms. The quantitative estimate of drug-likeness (QED) is 0.772. The second-order valence-corrected chi connectivity index (χ2v) is 3.03. The van der Waals surface area contributed by atoms with Crippen LogP contribution in [0.3, 0.4) is 0 Å². The normalized spacial score (nSPS) is 9.41. The molecule has 0 saturated heterocycles. The Balaban J connectivity index is 0.000000171. The molecular weight excluding hydrogens is 233 g/mol. The lowest BCUT2D eigenvalue weighted by Crippen LogP contribution is -1.88. The van der Waals surface area contributed by atoms with Crippen molar-refractivity contribution in [1.82, 2.24) is 9.97 Å². The van der Waals surface area contributed by atoms with Gasteiger partial charge in [0.05, 0.1) is 6.20 Å². The smallest absolute Gasteiger partial charge is 0.251 e. The molecule has 0 radical (unpaired) electrons. The first-order valence-electron chi connectivity index (χ1n) is 4.58. The Hall–Kier alpha value is -2.11. The standard InChI is InChI=1S/C6H4F2.C5H5FN2O/c7-5-2-1-3-6(8)4-5;1-3-7-2-4(6)5(9)8-3/h1-4H;2H,1H3,(H,7,8,9). The van der Waals surface area contributed by atoms with Crippen molar-refractivity contribution in [2.45, 2.75) is 6.92 Å². The molecule has 0 unspecified atom stereocenters. The Kier molecular flexibility index (Phi) is 4.45. The van der Waals surface area contributed by atoms with E-state index in [4.69, 9.17) is 5.11 Å². The van der Waals surface area contributed by atoms with Gasteiger partial charge in [0, 0.05) is 6.07 Å². The summed E-state index contributed by atoms with van der Waals surface area (Å²) >= 11 is 0. The summed E-state index contributed by atoms with van der Waals surface area (Å²) in [4.78, 5) is 6.84. The molecule has 2 rings (SSSR count). The second-order valence-electron chi connectivity index (χ2n) is 3.03. The number of aryl methyl sites for hydroxylation is 1. The van der Waals surface area contributed by atoms with Crippen LogP contribution in [0.25, 0.3) is 0 Å². The van der Waals surface area contributed by atoms with Gasteiger partial charge in [-0.2, -0.15) is 9.37 Å². The molecule has 90 valence electrons. The average molecular weight is 242 g/mol. The summed E-state index contributed by atoms with van der Waals surface area (Å²) in [6, 6.07) is 4.55. The molecule has 1 aromatic heterocycles. The summed E-state index contributed by atoms with van der Waals surface area (Å²) in [6.45, 7) is 1.57. The van der Waals surface area contributed by atoms with Gasteiger partial charge in [-0.1, -0.05) is 6.07 Å². The highest BCUT2D eigenvalue weighted by atomic mass is 19.1. The molecule has 0 atom stereocenters. The van der Waals surface area contributed by atoms with Crippen LogP contribution in [-0.4, -0.2) is 15.1 Å². The lowest BCUT2D eigenvalue weighted by molar-refractivity contribution is 0.406. The summed E-state index contributed by atoms with van der Waals surface area (Å²) < 4.78 is 36.0. The fourth-order valence-corrected chi connectivity index (χ4v) is 0.903. The van der Waals surface area contributed by atoms with E-state index in [-0.39, 0.29) is 0 Å². The minimum absolute atomic E-state index is 0.355. The minimum atomic E-state index is -0.791. The van der Waals surface area contributed by atoms with Gasteiger partial charge in [-0.25, -0.2) is 13.8 Å². The maximum atomic E-state index is 12.1. The zero-order valence-electron chi connectivity index (χ0n) is 8.86. The van der Waals surface area contributed by atoms with Crippen LogP contribution < -0.4 is 0 Å². The third kappa shape index (κ3) is 4.50. The molecule has 0 bridgehead atoms. The van der Waals surface area contributed by atoms with E-state index in [1.165, 1.54) is 18.2 Å². The van der Waals surface area contributed by atoms with Crippen molar-refractivity contribution in [3.63, 3.8) is 0 Å². The molecule has 0 aliphatic rings. The fourth-order valence-electron chi connectivity index (χ4n) is 0.903. The Morgan fingerprint density at radius 2 is 1.71 bits per heavy atom. The van der Waals surface area contributed by atoms with Gasteiger partial charge in [0.1, 0.15) is 17.5 Å². The van der Waals surface area contributed by atoms with Crippen molar-refractivity contribution in [2.24, 2.45) is 0 Å². The fraction of sp³-hybridized carbons (Fsp3) is 0.0909. The van der Waals surface area contributed by atoms with E-state index in [0.717, 1.165) is 12.3 Å². The predicted molar refractivity (Wildman–Crippen MR) is 54.7 cm³/mol. The van der Waals surface area contributed by atoms with E-state index >= 15 is 0 Å². The lowest BCUT2D eigenvalue weighted by Gasteiger charge is -1.91. The molecule has 0 fully saturated rings. The van der Waals surface area contributed by atoms with Gasteiger partial charge < -0.3 is 5.11 Å². The number of hydrogen-bond acceptors (Lipinski definition) is 3. The van der Waals surface area contributed by atoms with Gasteiger partial charge in [0.25, 0.3) is 5.88 Å². The summed E-state index contributed by atoms with van der Waals surface area (Å²) in [6.07, 6.45) is 0.928. The highest BCUT2D eigenvalue weighted by Gasteiger charge is 1.99. The van der Waals surface area contributed by atoms with Crippen LogP contribution in [0.2, 0.25) is 0 Å². The van der Waals surface area contributed by atoms with Crippen LogP contribution in [0.5, 0.6) is 5.88 Å². The van der Waals surface area contributed by atoms with Gasteiger partial charge in [-0.15, -0.1) is 0 Å². The van der Waals surface area contributed by atoms with Crippen molar-refractivity contribution in [1.29, 1.82) is 0 Å². The Bertz CT molecular complexity index is 489. The van der Waals surface area contributed by atoms with Crippen LogP contribution in [-0.2, 0) is 0 Å². The third-order valence-corrected chi connectivity index (χ3v) is 1.63. The van der Waals surface area contributed by atoms with Crippen molar-refractivity contribution >= 4 is 0 Å². The Morgan fingerprint density at radius 1 is 1.12 bits per heavy atom. The monoisotopic (exact) mass is 242 g/mol. The zero-order chi connectivity index (χ0) is 12.8. The molecule has 1 heterocycles. The van der Waals surface area contributed by atoms with E-state index in [1.54, 1.807) is 6.92 Å². The van der Waals surface area contributed by atoms with Crippen molar-refractivity contribution in [3.05, 3.63) is 53.7 Å². The Labute approximate surface area is 95.6 Å². The van der Waals surface area contributed by atoms with Gasteiger partial charge >= 0.3 is 0 Å². The predicted octanol–water partition coefficient (Wildman–Crippen LogP) is 2.59. The van der Waals surface area contributed by atoms with Gasteiger partial charge in [-0.05, 0) is 19.1 Å². The van der Waals surface area contributed by atoms with Crippen LogP contribution in [0.4, 0.5) is 13.2 Å². The molecule has 3 nitrogen and oxygen atoms in total. The summed E-state index contributed by atoms with van der Waals surface area (Å²) in [5.74, 6) is -2.10. The SMILES string of the molecule is Cc1ncc(F)c(O)n1.Fc1cccc(F)c1. The number of aromatic nitrogens is 2. The molecule has 0 aliphatic heterocycles. The summed E-state index contributed by atoms with van der Waals surface area (Å²) in [5, 5.41) is 8.57. The van der Waals surface area contributed by atoms with E-state index in [2.05, 4.69) is 9.97 Å². The number of benzene rings is 1. The second kappa shape index (κ2) is 5.83. The minimum Gasteiger partial charge on any atom is -0.491 e. The first kappa shape index (κ1) is 13.0. The molecule has 1 aromatic carbocycles. The first-order chi connectivity index (χ1) is 7.99. The van der Waals surface area contributed by atoms with E-state index in [0.29, 0.717) is 5.82 Å². The summed E-state index contributed by atoms with van der Waals surface area (Å²) in [7, 11) is 0. The topological polar surface area (TPSA) is 46.0 Å². The van der Waals surface area contributed by atoms with Crippen LogP contribution in [0.15, 0.2) is 30.5 Å². The van der Waals surface area contributed by atoms with Gasteiger partial charge in [0.15, 0.2) is 0 Å². The lowest BCUT2D eigenvalue weighted by atomic mass is 10.3. The molecule has 0 amide bonds. The molecular formula is C11H9F3N2O. The molecule has 0 aliphatic carbocycles. The van der Waals surface area contributed by atoms with E-state index in [1.807, 2.05) is 0 Å². The largest absolute Gasteiger partial charge is 0.491 e. The maximum absolute atomic E-state index is 12.1. The van der Waals surface area contributed by atoms with Gasteiger partial charge in [-0.3, -0.25) is 0 Å². The molecule has 6 heteroatoms. The van der Waals surface area contributed by atoms with Crippen LogP contribution in [0, 0.1) is 24.4 Å². The molecule has 1 N–H and O–H groups in total. The number of halogens is 3. The zero-order valence-corrected chi connectivity index (χ0v) is 8.86. The molecule has 17 heavy (non-hydrogen) atoms.